The van der Waals surface area contributed by atoms with Gasteiger partial charge in [0.05, 0.1) is 0 Å². The summed E-state index contributed by atoms with van der Waals surface area (Å²) in [5, 5.41) is 6.81. The summed E-state index contributed by atoms with van der Waals surface area (Å²) in [6.45, 7) is -0.348. The first kappa shape index (κ1) is 20.7. The summed E-state index contributed by atoms with van der Waals surface area (Å²) in [6, 6.07) is 13.0. The number of halogens is 3. The van der Waals surface area contributed by atoms with Crippen LogP contribution in [-0.4, -0.2) is 25.5 Å². The highest BCUT2D eigenvalue weighted by Crippen LogP contribution is 2.24. The lowest BCUT2D eigenvalue weighted by atomic mass is 10.1. The van der Waals surface area contributed by atoms with Crippen LogP contribution in [0.25, 0.3) is 10.8 Å². The Morgan fingerprint density at radius 3 is 2.45 bits per heavy atom. The molecule has 2 N–H and O–H groups in total. The van der Waals surface area contributed by atoms with Crippen molar-refractivity contribution in [2.45, 2.75) is 6.04 Å². The van der Waals surface area contributed by atoms with Crippen molar-refractivity contribution in [3.05, 3.63) is 76.3 Å². The Bertz CT molecular complexity index is 1070. The number of hydrogen-bond acceptors (Lipinski definition) is 3. The SMILES string of the molecule is CNC(=O)C(NC(=O)COc1ccc2cc(Br)ccc2c1)c1ccc(F)c(F)c1. The van der Waals surface area contributed by atoms with Crippen molar-refractivity contribution in [3.8, 4) is 5.75 Å². The molecule has 2 amide bonds. The third-order valence-electron chi connectivity index (χ3n) is 4.23. The van der Waals surface area contributed by atoms with E-state index in [1.54, 1.807) is 12.1 Å². The highest BCUT2D eigenvalue weighted by atomic mass is 79.9. The fourth-order valence-corrected chi connectivity index (χ4v) is 3.15. The van der Waals surface area contributed by atoms with Gasteiger partial charge in [-0.15, -0.1) is 0 Å². The van der Waals surface area contributed by atoms with Gasteiger partial charge in [-0.2, -0.15) is 0 Å². The Balaban J connectivity index is 1.69. The summed E-state index contributed by atoms with van der Waals surface area (Å²) in [6.07, 6.45) is 0. The molecule has 0 heterocycles. The molecule has 3 aromatic carbocycles. The maximum atomic E-state index is 13.5. The summed E-state index contributed by atoms with van der Waals surface area (Å²) in [7, 11) is 1.38. The number of carbonyl (C=O) groups is 2. The van der Waals surface area contributed by atoms with Crippen molar-refractivity contribution in [1.29, 1.82) is 0 Å². The van der Waals surface area contributed by atoms with Crippen molar-refractivity contribution in [2.24, 2.45) is 0 Å². The van der Waals surface area contributed by atoms with Crippen LogP contribution in [0.5, 0.6) is 5.75 Å². The fraction of sp³-hybridized carbons (Fsp3) is 0.143. The van der Waals surface area contributed by atoms with Gasteiger partial charge in [0.2, 0.25) is 5.91 Å². The number of carbonyl (C=O) groups excluding carboxylic acids is 2. The van der Waals surface area contributed by atoms with Gasteiger partial charge >= 0.3 is 0 Å². The summed E-state index contributed by atoms with van der Waals surface area (Å²) in [5.41, 5.74) is 0.118. The number of rotatable bonds is 6. The molecule has 150 valence electrons. The molecule has 0 fully saturated rings. The zero-order valence-corrected chi connectivity index (χ0v) is 16.9. The maximum absolute atomic E-state index is 13.5. The number of hydrogen-bond donors (Lipinski definition) is 2. The zero-order valence-electron chi connectivity index (χ0n) is 15.3. The van der Waals surface area contributed by atoms with Crippen LogP contribution >= 0.6 is 15.9 Å². The van der Waals surface area contributed by atoms with Crippen LogP contribution in [-0.2, 0) is 9.59 Å². The van der Waals surface area contributed by atoms with Gasteiger partial charge in [0.25, 0.3) is 5.91 Å². The monoisotopic (exact) mass is 462 g/mol. The van der Waals surface area contributed by atoms with Crippen LogP contribution < -0.4 is 15.4 Å². The second-order valence-electron chi connectivity index (χ2n) is 6.23. The van der Waals surface area contributed by atoms with Crippen LogP contribution in [0.3, 0.4) is 0 Å². The molecule has 8 heteroatoms. The maximum Gasteiger partial charge on any atom is 0.258 e. The standard InChI is InChI=1S/C21H17BrF2N2O3/c1-25-21(28)20(14-4-7-17(23)18(24)10-14)26-19(27)11-29-16-6-3-12-8-15(22)5-2-13(12)9-16/h2-10,20H,11H2,1H3,(H,25,28)(H,26,27). The molecule has 3 rings (SSSR count). The summed E-state index contributed by atoms with van der Waals surface area (Å²) in [4.78, 5) is 24.4. The van der Waals surface area contributed by atoms with Gasteiger partial charge in [-0.3, -0.25) is 9.59 Å². The molecule has 1 unspecified atom stereocenters. The Hall–Kier alpha value is -3.00. The van der Waals surface area contributed by atoms with E-state index in [0.717, 1.165) is 27.4 Å². The van der Waals surface area contributed by atoms with E-state index in [9.17, 15) is 18.4 Å². The van der Waals surface area contributed by atoms with E-state index in [1.807, 2.05) is 24.3 Å². The van der Waals surface area contributed by atoms with Crippen molar-refractivity contribution in [3.63, 3.8) is 0 Å². The van der Waals surface area contributed by atoms with Crippen LogP contribution in [0.4, 0.5) is 8.78 Å². The fourth-order valence-electron chi connectivity index (χ4n) is 2.77. The largest absolute Gasteiger partial charge is 0.484 e. The predicted molar refractivity (Wildman–Crippen MR) is 108 cm³/mol. The minimum Gasteiger partial charge on any atom is -0.484 e. The molecular formula is C21H17BrF2N2O3. The van der Waals surface area contributed by atoms with Gasteiger partial charge in [0.1, 0.15) is 11.8 Å². The van der Waals surface area contributed by atoms with Gasteiger partial charge in [-0.25, -0.2) is 8.78 Å². The molecular weight excluding hydrogens is 446 g/mol. The average Bonchev–Trinajstić information content (AvgIpc) is 2.72. The van der Waals surface area contributed by atoms with E-state index in [-0.39, 0.29) is 12.2 Å². The molecule has 3 aromatic rings. The number of ether oxygens (including phenoxy) is 1. The molecule has 1 atom stereocenters. The number of nitrogens with one attached hydrogen (secondary N) is 2. The molecule has 0 aliphatic heterocycles. The average molecular weight is 463 g/mol. The smallest absolute Gasteiger partial charge is 0.258 e. The molecule has 0 aromatic heterocycles. The summed E-state index contributed by atoms with van der Waals surface area (Å²) in [5.74, 6) is -2.81. The first-order valence-electron chi connectivity index (χ1n) is 8.65. The number of benzene rings is 3. The van der Waals surface area contributed by atoms with Gasteiger partial charge in [-0.05, 0) is 52.7 Å². The minimum atomic E-state index is -1.18. The molecule has 0 saturated carbocycles. The van der Waals surface area contributed by atoms with Crippen molar-refractivity contribution < 1.29 is 23.1 Å². The molecule has 5 nitrogen and oxygen atoms in total. The molecule has 0 aliphatic carbocycles. The van der Waals surface area contributed by atoms with E-state index in [4.69, 9.17) is 4.74 Å². The lowest BCUT2D eigenvalue weighted by Crippen LogP contribution is -2.41. The van der Waals surface area contributed by atoms with Crippen molar-refractivity contribution in [1.82, 2.24) is 10.6 Å². The van der Waals surface area contributed by atoms with Gasteiger partial charge in [0.15, 0.2) is 18.2 Å². The normalized spacial score (nSPS) is 11.7. The van der Waals surface area contributed by atoms with Gasteiger partial charge < -0.3 is 15.4 Å². The molecule has 0 radical (unpaired) electrons. The summed E-state index contributed by atoms with van der Waals surface area (Å²) >= 11 is 3.41. The molecule has 0 spiro atoms. The van der Waals surface area contributed by atoms with E-state index in [0.29, 0.717) is 5.75 Å². The van der Waals surface area contributed by atoms with Gasteiger partial charge in [-0.1, -0.05) is 34.1 Å². The van der Waals surface area contributed by atoms with E-state index in [1.165, 1.54) is 13.1 Å². The molecule has 0 aliphatic rings. The van der Waals surface area contributed by atoms with Crippen LogP contribution in [0.1, 0.15) is 11.6 Å². The Labute approximate surface area is 174 Å². The van der Waals surface area contributed by atoms with Crippen LogP contribution in [0, 0.1) is 11.6 Å². The Morgan fingerprint density at radius 1 is 1.00 bits per heavy atom. The highest BCUT2D eigenvalue weighted by molar-refractivity contribution is 9.10. The molecule has 0 bridgehead atoms. The van der Waals surface area contributed by atoms with Gasteiger partial charge in [0, 0.05) is 11.5 Å². The van der Waals surface area contributed by atoms with E-state index < -0.39 is 29.5 Å². The zero-order chi connectivity index (χ0) is 21.0. The van der Waals surface area contributed by atoms with Crippen LogP contribution in [0.2, 0.25) is 0 Å². The highest BCUT2D eigenvalue weighted by Gasteiger charge is 2.23. The second kappa shape index (κ2) is 9.00. The first-order valence-corrected chi connectivity index (χ1v) is 9.44. The summed E-state index contributed by atoms with van der Waals surface area (Å²) < 4.78 is 33.1. The second-order valence-corrected chi connectivity index (χ2v) is 7.15. The van der Waals surface area contributed by atoms with Crippen molar-refractivity contribution in [2.75, 3.05) is 13.7 Å². The number of fused-ring (bicyclic) bond motifs is 1. The van der Waals surface area contributed by atoms with E-state index >= 15 is 0 Å². The Kier molecular flexibility index (Phi) is 6.43. The first-order chi connectivity index (χ1) is 13.9. The quantitative estimate of drug-likeness (QED) is 0.584. The Morgan fingerprint density at radius 2 is 1.72 bits per heavy atom. The third kappa shape index (κ3) is 5.08. The molecule has 0 saturated heterocycles. The van der Waals surface area contributed by atoms with Crippen molar-refractivity contribution >= 4 is 38.5 Å². The molecule has 29 heavy (non-hydrogen) atoms. The lowest BCUT2D eigenvalue weighted by Gasteiger charge is -2.18. The third-order valence-corrected chi connectivity index (χ3v) is 4.73. The lowest BCUT2D eigenvalue weighted by molar-refractivity contribution is -0.129. The van der Waals surface area contributed by atoms with E-state index in [2.05, 4.69) is 26.6 Å². The number of likely N-dealkylation sites (N-methyl/N-ethyl adjacent to an activating group) is 1. The number of amides is 2. The minimum absolute atomic E-state index is 0.118. The topological polar surface area (TPSA) is 67.4 Å². The van der Waals surface area contributed by atoms with Crippen LogP contribution in [0.15, 0.2) is 59.1 Å². The predicted octanol–water partition coefficient (Wildman–Crippen LogP) is 3.86.